The predicted molar refractivity (Wildman–Crippen MR) is 137 cm³/mol. The van der Waals surface area contributed by atoms with Crippen molar-refractivity contribution in [3.05, 3.63) is 83.2 Å². The van der Waals surface area contributed by atoms with Crippen molar-refractivity contribution in [2.75, 3.05) is 6.54 Å². The molecular formula is C27H32N2S. The number of hydrogen-bond donors (Lipinski definition) is 1. The lowest BCUT2D eigenvalue weighted by atomic mass is 10.1. The van der Waals surface area contributed by atoms with Gasteiger partial charge in [0.05, 0.1) is 10.6 Å². The molecule has 0 atom stereocenters. The highest BCUT2D eigenvalue weighted by atomic mass is 32.1. The van der Waals surface area contributed by atoms with E-state index in [0.29, 0.717) is 0 Å². The van der Waals surface area contributed by atoms with Crippen LogP contribution in [0.5, 0.6) is 0 Å². The van der Waals surface area contributed by atoms with E-state index < -0.39 is 0 Å². The largest absolute Gasteiger partial charge is 0.384 e. The van der Waals surface area contributed by atoms with E-state index in [-0.39, 0.29) is 0 Å². The summed E-state index contributed by atoms with van der Waals surface area (Å²) in [6.45, 7) is 13.2. The lowest BCUT2D eigenvalue weighted by Gasteiger charge is -2.09. The highest BCUT2D eigenvalue weighted by Gasteiger charge is 2.12. The summed E-state index contributed by atoms with van der Waals surface area (Å²) in [5, 5.41) is 3.47. The molecule has 3 aromatic rings. The molecule has 156 valence electrons. The maximum atomic E-state index is 4.53. The number of benzene rings is 2. The predicted octanol–water partition coefficient (Wildman–Crippen LogP) is 7.52. The summed E-state index contributed by atoms with van der Waals surface area (Å²) < 4.78 is 0. The molecule has 0 unspecified atom stereocenters. The smallest absolute Gasteiger partial charge is 0.0832 e. The summed E-state index contributed by atoms with van der Waals surface area (Å²) in [5.74, 6) is 0. The lowest BCUT2D eigenvalue weighted by molar-refractivity contribution is 0.850. The molecule has 0 radical (unpaired) electrons. The van der Waals surface area contributed by atoms with Crippen LogP contribution in [0.3, 0.4) is 0 Å². The minimum Gasteiger partial charge on any atom is -0.384 e. The Labute approximate surface area is 186 Å². The standard InChI is InChI=1S/C23H24N2S.C2H6.C2H2/c1-4-24-21-16-22(20-8-6-5-7-9-20)26-23(21)18(3)25-15-14-19-12-10-17(2)11-13-19;2*1-2/h4-13,16,25H,3,14-15H2,1-2H3;1-2H3;1-2H. The van der Waals surface area contributed by atoms with Gasteiger partial charge in [-0.3, -0.25) is 4.99 Å². The van der Waals surface area contributed by atoms with E-state index in [1.807, 2.05) is 33.1 Å². The van der Waals surface area contributed by atoms with Crippen LogP contribution in [0.4, 0.5) is 5.69 Å². The Hall–Kier alpha value is -3.09. The summed E-state index contributed by atoms with van der Waals surface area (Å²) >= 11 is 1.73. The Morgan fingerprint density at radius 2 is 1.70 bits per heavy atom. The fraction of sp³-hybridized carbons (Fsp3) is 0.222. The third-order valence-corrected chi connectivity index (χ3v) is 5.42. The van der Waals surface area contributed by atoms with Gasteiger partial charge >= 0.3 is 0 Å². The zero-order chi connectivity index (χ0) is 22.4. The second-order valence-corrected chi connectivity index (χ2v) is 7.27. The van der Waals surface area contributed by atoms with Crippen LogP contribution in [0.25, 0.3) is 16.1 Å². The van der Waals surface area contributed by atoms with Crippen molar-refractivity contribution in [3.63, 3.8) is 0 Å². The molecule has 3 rings (SSSR count). The van der Waals surface area contributed by atoms with Crippen LogP contribution in [-0.4, -0.2) is 12.8 Å². The number of thiophene rings is 1. The third kappa shape index (κ3) is 7.39. The van der Waals surface area contributed by atoms with E-state index in [1.54, 1.807) is 11.3 Å². The first-order chi connectivity index (χ1) is 14.7. The van der Waals surface area contributed by atoms with Crippen molar-refractivity contribution in [1.82, 2.24) is 5.32 Å². The normalized spacial score (nSPS) is 9.80. The monoisotopic (exact) mass is 416 g/mol. The van der Waals surface area contributed by atoms with Crippen molar-refractivity contribution in [1.29, 1.82) is 0 Å². The van der Waals surface area contributed by atoms with Gasteiger partial charge in [0.2, 0.25) is 0 Å². The van der Waals surface area contributed by atoms with Crippen molar-refractivity contribution in [3.8, 4) is 23.3 Å². The van der Waals surface area contributed by atoms with Gasteiger partial charge in [0.25, 0.3) is 0 Å². The van der Waals surface area contributed by atoms with Gasteiger partial charge in [0, 0.05) is 23.3 Å². The van der Waals surface area contributed by atoms with Crippen molar-refractivity contribution >= 4 is 28.9 Å². The average molecular weight is 417 g/mol. The number of aryl methyl sites for hydroxylation is 1. The van der Waals surface area contributed by atoms with Crippen molar-refractivity contribution in [2.24, 2.45) is 4.99 Å². The lowest BCUT2D eigenvalue weighted by Crippen LogP contribution is -2.14. The molecule has 0 aliphatic heterocycles. The van der Waals surface area contributed by atoms with Gasteiger partial charge in [-0.15, -0.1) is 24.2 Å². The Balaban J connectivity index is 0.00000106. The summed E-state index contributed by atoms with van der Waals surface area (Å²) in [5.41, 5.74) is 5.75. The molecule has 1 heterocycles. The van der Waals surface area contributed by atoms with Crippen LogP contribution in [0.1, 0.15) is 36.8 Å². The molecule has 2 nitrogen and oxygen atoms in total. The van der Waals surface area contributed by atoms with Crippen LogP contribution in [0.15, 0.2) is 72.2 Å². The second-order valence-electron chi connectivity index (χ2n) is 6.22. The molecule has 0 fully saturated rings. The molecule has 1 aromatic heterocycles. The molecule has 0 saturated heterocycles. The summed E-state index contributed by atoms with van der Waals surface area (Å²) in [7, 11) is 0. The number of rotatable bonds is 7. The fourth-order valence-electron chi connectivity index (χ4n) is 2.77. The molecule has 0 aliphatic rings. The van der Waals surface area contributed by atoms with Gasteiger partial charge in [0.15, 0.2) is 0 Å². The SMILES string of the molecule is C#C.C=C(NCCc1ccc(C)cc1)c1sc(-c2ccccc2)cc1N=CC.CC. The fourth-order valence-corrected chi connectivity index (χ4v) is 3.83. The number of nitrogens with one attached hydrogen (secondary N) is 1. The molecule has 0 amide bonds. The van der Waals surface area contributed by atoms with Gasteiger partial charge < -0.3 is 5.32 Å². The first-order valence-electron chi connectivity index (χ1n) is 10.2. The van der Waals surface area contributed by atoms with Crippen LogP contribution in [0.2, 0.25) is 0 Å². The number of nitrogens with zero attached hydrogens (tertiary/aromatic N) is 1. The maximum Gasteiger partial charge on any atom is 0.0832 e. The molecule has 0 saturated carbocycles. The van der Waals surface area contributed by atoms with Crippen molar-refractivity contribution in [2.45, 2.75) is 34.1 Å². The summed E-state index contributed by atoms with van der Waals surface area (Å²) in [6.07, 6.45) is 10.8. The second kappa shape index (κ2) is 14.0. The molecular weight excluding hydrogens is 384 g/mol. The van der Waals surface area contributed by atoms with Gasteiger partial charge in [-0.1, -0.05) is 80.6 Å². The Morgan fingerprint density at radius 1 is 1.07 bits per heavy atom. The van der Waals surface area contributed by atoms with Crippen LogP contribution in [-0.2, 0) is 6.42 Å². The number of aliphatic imine (C=N–C) groups is 1. The van der Waals surface area contributed by atoms with E-state index in [4.69, 9.17) is 0 Å². The van der Waals surface area contributed by atoms with Crippen LogP contribution < -0.4 is 5.32 Å². The van der Waals surface area contributed by atoms with Gasteiger partial charge in [-0.05, 0) is 37.5 Å². The topological polar surface area (TPSA) is 24.4 Å². The number of terminal acetylenes is 1. The molecule has 3 heteroatoms. The summed E-state index contributed by atoms with van der Waals surface area (Å²) in [4.78, 5) is 6.85. The minimum atomic E-state index is 0.857. The summed E-state index contributed by atoms with van der Waals surface area (Å²) in [6, 6.07) is 21.2. The van der Waals surface area contributed by atoms with Crippen LogP contribution >= 0.6 is 11.3 Å². The van der Waals surface area contributed by atoms with Crippen LogP contribution in [0, 0.1) is 19.8 Å². The third-order valence-electron chi connectivity index (χ3n) is 4.19. The minimum absolute atomic E-state index is 0.857. The molecule has 30 heavy (non-hydrogen) atoms. The Morgan fingerprint density at radius 3 is 2.30 bits per heavy atom. The zero-order valence-corrected chi connectivity index (χ0v) is 19.3. The average Bonchev–Trinajstić information content (AvgIpc) is 3.23. The van der Waals surface area contributed by atoms with E-state index >= 15 is 0 Å². The zero-order valence-electron chi connectivity index (χ0n) is 18.5. The van der Waals surface area contributed by atoms with Gasteiger partial charge in [-0.2, -0.15) is 0 Å². The van der Waals surface area contributed by atoms with E-state index in [2.05, 4.69) is 91.3 Å². The first-order valence-corrected chi connectivity index (χ1v) is 11.0. The maximum absolute atomic E-state index is 4.53. The number of hydrogen-bond acceptors (Lipinski definition) is 3. The first kappa shape index (κ1) is 24.9. The van der Waals surface area contributed by atoms with E-state index in [9.17, 15) is 0 Å². The quantitative estimate of drug-likeness (QED) is 0.312. The highest BCUT2D eigenvalue weighted by molar-refractivity contribution is 7.17. The molecule has 0 aliphatic carbocycles. The van der Waals surface area contributed by atoms with Crippen molar-refractivity contribution < 1.29 is 0 Å². The molecule has 0 bridgehead atoms. The Bertz CT molecular complexity index is 932. The molecule has 0 spiro atoms. The van der Waals surface area contributed by atoms with Gasteiger partial charge in [-0.25, -0.2) is 0 Å². The molecule has 2 aromatic carbocycles. The van der Waals surface area contributed by atoms with E-state index in [0.717, 1.165) is 29.2 Å². The highest BCUT2D eigenvalue weighted by Crippen LogP contribution is 2.39. The Kier molecular flexibility index (Phi) is 11.6. The van der Waals surface area contributed by atoms with Gasteiger partial charge in [0.1, 0.15) is 0 Å². The van der Waals surface area contributed by atoms with E-state index in [1.165, 1.54) is 21.6 Å². The molecule has 1 N–H and O–H groups in total.